The van der Waals surface area contributed by atoms with E-state index in [-0.39, 0.29) is 16.9 Å². The highest BCUT2D eigenvalue weighted by atomic mass is 32.1. The van der Waals surface area contributed by atoms with Gasteiger partial charge in [-0.2, -0.15) is 22.5 Å². The van der Waals surface area contributed by atoms with Gasteiger partial charge in [-0.1, -0.05) is 6.92 Å². The molecule has 0 aliphatic heterocycles. The fraction of sp³-hybridized carbons (Fsp3) is 0.667. The Labute approximate surface area is 106 Å². The monoisotopic (exact) mass is 281 g/mol. The van der Waals surface area contributed by atoms with Crippen molar-refractivity contribution in [1.82, 2.24) is 9.36 Å². The predicted octanol–water partition coefficient (Wildman–Crippen LogP) is 1.96. The number of alkyl halides is 3. The van der Waals surface area contributed by atoms with Crippen LogP contribution in [-0.2, 0) is 6.18 Å². The lowest BCUT2D eigenvalue weighted by atomic mass is 10.1. The van der Waals surface area contributed by atoms with Gasteiger partial charge in [0.1, 0.15) is 0 Å². The Morgan fingerprint density at radius 1 is 1.56 bits per heavy atom. The molecule has 5 nitrogen and oxygen atoms in total. The second-order valence-corrected chi connectivity index (χ2v) is 4.52. The molecule has 0 aliphatic rings. The van der Waals surface area contributed by atoms with Gasteiger partial charge in [0.05, 0.1) is 5.84 Å². The van der Waals surface area contributed by atoms with Crippen molar-refractivity contribution in [2.24, 2.45) is 11.7 Å². The molecule has 0 saturated carbocycles. The number of hydrogen-bond donors (Lipinski definition) is 2. The molecule has 1 heterocycles. The third kappa shape index (κ3) is 3.56. The molecule has 0 aliphatic carbocycles. The molecule has 1 rings (SSSR count). The molecule has 0 aromatic carbocycles. The molecule has 1 atom stereocenters. The highest BCUT2D eigenvalue weighted by Gasteiger charge is 2.36. The van der Waals surface area contributed by atoms with E-state index in [1.807, 2.05) is 0 Å². The fourth-order valence-corrected chi connectivity index (χ4v) is 1.99. The maximum atomic E-state index is 12.4. The minimum Gasteiger partial charge on any atom is -0.387 e. The first-order valence-electron chi connectivity index (χ1n) is 5.25. The molecule has 18 heavy (non-hydrogen) atoms. The number of nitrogens with one attached hydrogen (secondary N) is 1. The van der Waals surface area contributed by atoms with Crippen LogP contribution >= 0.6 is 11.5 Å². The van der Waals surface area contributed by atoms with Gasteiger partial charge in [0.25, 0.3) is 0 Å². The van der Waals surface area contributed by atoms with Crippen molar-refractivity contribution in [3.05, 3.63) is 5.82 Å². The Morgan fingerprint density at radius 2 is 2.17 bits per heavy atom. The maximum absolute atomic E-state index is 12.4. The number of anilines is 1. The number of hydrogen-bond acceptors (Lipinski definition) is 5. The number of nitrogens with zero attached hydrogens (tertiary/aromatic N) is 3. The van der Waals surface area contributed by atoms with Crippen molar-refractivity contribution >= 4 is 22.5 Å². The summed E-state index contributed by atoms with van der Waals surface area (Å²) in [7, 11) is 0. The highest BCUT2D eigenvalue weighted by molar-refractivity contribution is 7.09. The second kappa shape index (κ2) is 5.51. The van der Waals surface area contributed by atoms with Crippen molar-refractivity contribution in [2.45, 2.75) is 20.0 Å². The van der Waals surface area contributed by atoms with E-state index >= 15 is 0 Å². The third-order valence-electron chi connectivity index (χ3n) is 2.35. The third-order valence-corrected chi connectivity index (χ3v) is 3.12. The lowest BCUT2D eigenvalue weighted by molar-refractivity contribution is -0.144. The molecule has 1 unspecified atom stereocenters. The van der Waals surface area contributed by atoms with Crippen LogP contribution in [0.1, 0.15) is 19.7 Å². The quantitative estimate of drug-likeness (QED) is 0.638. The minimum atomic E-state index is -4.53. The highest BCUT2D eigenvalue weighted by Crippen LogP contribution is 2.30. The smallest absolute Gasteiger partial charge is 0.387 e. The molecule has 102 valence electrons. The molecule has 1 aromatic heterocycles. The topological polar surface area (TPSA) is 78.9 Å². The van der Waals surface area contributed by atoms with Crippen molar-refractivity contribution < 1.29 is 13.2 Å². The summed E-state index contributed by atoms with van der Waals surface area (Å²) in [6.45, 7) is 4.35. The van der Waals surface area contributed by atoms with Crippen LogP contribution in [0, 0.1) is 11.3 Å². The molecule has 9 heteroatoms. The van der Waals surface area contributed by atoms with Crippen LogP contribution in [0.25, 0.3) is 0 Å². The van der Waals surface area contributed by atoms with Gasteiger partial charge in [0.2, 0.25) is 11.0 Å². The van der Waals surface area contributed by atoms with Gasteiger partial charge in [0.15, 0.2) is 0 Å². The van der Waals surface area contributed by atoms with Crippen LogP contribution in [0.2, 0.25) is 0 Å². The Hall–Kier alpha value is -1.38. The normalized spacial score (nSPS) is 13.4. The lowest BCUT2D eigenvalue weighted by Crippen LogP contribution is -2.34. The molecule has 0 spiro atoms. The Balaban J connectivity index is 2.83. The molecule has 0 bridgehead atoms. The van der Waals surface area contributed by atoms with Gasteiger partial charge < -0.3 is 10.6 Å². The van der Waals surface area contributed by atoms with Crippen LogP contribution in [-0.4, -0.2) is 28.3 Å². The number of nitrogens with two attached hydrogens (primary N) is 1. The number of aromatic nitrogens is 2. The average Bonchev–Trinajstić information content (AvgIpc) is 2.73. The summed E-state index contributed by atoms with van der Waals surface area (Å²) in [4.78, 5) is 5.09. The van der Waals surface area contributed by atoms with E-state index in [0.29, 0.717) is 24.6 Å². The average molecular weight is 281 g/mol. The van der Waals surface area contributed by atoms with Crippen LogP contribution in [0.3, 0.4) is 0 Å². The van der Waals surface area contributed by atoms with Crippen molar-refractivity contribution in [2.75, 3.05) is 18.0 Å². The van der Waals surface area contributed by atoms with Crippen molar-refractivity contribution in [1.29, 1.82) is 5.41 Å². The molecule has 0 saturated heterocycles. The number of halogens is 3. The van der Waals surface area contributed by atoms with Crippen LogP contribution in [0.5, 0.6) is 0 Å². The zero-order valence-electron chi connectivity index (χ0n) is 9.95. The summed E-state index contributed by atoms with van der Waals surface area (Å²) in [6.07, 6.45) is -4.53. The van der Waals surface area contributed by atoms with Gasteiger partial charge in [-0.15, -0.1) is 0 Å². The first kappa shape index (κ1) is 14.7. The zero-order chi connectivity index (χ0) is 13.9. The summed E-state index contributed by atoms with van der Waals surface area (Å²) in [5.41, 5.74) is 5.34. The zero-order valence-corrected chi connectivity index (χ0v) is 10.8. The maximum Gasteiger partial charge on any atom is 0.452 e. The summed E-state index contributed by atoms with van der Waals surface area (Å²) < 4.78 is 40.4. The molecule has 0 radical (unpaired) electrons. The van der Waals surface area contributed by atoms with E-state index < -0.39 is 12.0 Å². The first-order chi connectivity index (χ1) is 8.25. The number of amidine groups is 1. The predicted molar refractivity (Wildman–Crippen MR) is 63.9 cm³/mol. The molecule has 0 amide bonds. The Morgan fingerprint density at radius 3 is 2.56 bits per heavy atom. The summed E-state index contributed by atoms with van der Waals surface area (Å²) >= 11 is 0.696. The van der Waals surface area contributed by atoms with Gasteiger partial charge in [-0.05, 0) is 6.92 Å². The SMILES string of the molecule is CCN(CC(C)C(=N)N)c1nc(C(F)(F)F)ns1. The molecule has 0 fully saturated rings. The van der Waals surface area contributed by atoms with E-state index in [9.17, 15) is 13.2 Å². The van der Waals surface area contributed by atoms with E-state index in [1.165, 1.54) is 0 Å². The molecule has 3 N–H and O–H groups in total. The van der Waals surface area contributed by atoms with Crippen molar-refractivity contribution in [3.63, 3.8) is 0 Å². The molecule has 1 aromatic rings. The van der Waals surface area contributed by atoms with Gasteiger partial charge in [0, 0.05) is 30.5 Å². The summed E-state index contributed by atoms with van der Waals surface area (Å²) in [6, 6.07) is 0. The van der Waals surface area contributed by atoms with Crippen LogP contribution < -0.4 is 10.6 Å². The molecular weight excluding hydrogens is 267 g/mol. The van der Waals surface area contributed by atoms with E-state index in [2.05, 4.69) is 9.36 Å². The largest absolute Gasteiger partial charge is 0.452 e. The van der Waals surface area contributed by atoms with Crippen molar-refractivity contribution in [3.8, 4) is 0 Å². The Kier molecular flexibility index (Phi) is 4.49. The van der Waals surface area contributed by atoms with E-state index in [1.54, 1.807) is 18.7 Å². The lowest BCUT2D eigenvalue weighted by Gasteiger charge is -2.22. The Bertz CT molecular complexity index is 417. The standard InChI is InChI=1S/C9H14F3N5S/c1-3-17(4-5(2)6(13)14)8-15-7(16-18-8)9(10,11)12/h5H,3-4H2,1-2H3,(H3,13,14). The minimum absolute atomic E-state index is 0.00555. The number of rotatable bonds is 5. The van der Waals surface area contributed by atoms with E-state index in [0.717, 1.165) is 0 Å². The van der Waals surface area contributed by atoms with Crippen LogP contribution in [0.4, 0.5) is 18.3 Å². The first-order valence-corrected chi connectivity index (χ1v) is 6.02. The molecular formula is C9H14F3N5S. The second-order valence-electron chi connectivity index (χ2n) is 3.79. The van der Waals surface area contributed by atoms with Gasteiger partial charge >= 0.3 is 6.18 Å². The fourth-order valence-electron chi connectivity index (χ4n) is 1.23. The van der Waals surface area contributed by atoms with E-state index in [4.69, 9.17) is 11.1 Å². The van der Waals surface area contributed by atoms with Crippen LogP contribution in [0.15, 0.2) is 0 Å². The summed E-state index contributed by atoms with van der Waals surface area (Å²) in [5, 5.41) is 7.47. The van der Waals surface area contributed by atoms with Gasteiger partial charge in [-0.25, -0.2) is 0 Å². The van der Waals surface area contributed by atoms with Gasteiger partial charge in [-0.3, -0.25) is 5.41 Å². The summed E-state index contributed by atoms with van der Waals surface area (Å²) in [5.74, 6) is -1.38.